The maximum atomic E-state index is 12.8. The molecule has 3 aromatic rings. The van der Waals surface area contributed by atoms with E-state index in [4.69, 9.17) is 0 Å². The molecule has 22 heavy (non-hydrogen) atoms. The van der Waals surface area contributed by atoms with Crippen molar-refractivity contribution in [3.05, 3.63) is 68.3 Å². The fraction of sp³-hybridized carbons (Fsp3) is 0.0667. The number of halogens is 4. The molecular formula is C15H8F3IN2O. The van der Waals surface area contributed by atoms with Gasteiger partial charge in [-0.25, -0.2) is 4.98 Å². The minimum atomic E-state index is -4.46. The predicted octanol–water partition coefficient (Wildman–Crippen LogP) is 4.01. The molecule has 0 aliphatic heterocycles. The van der Waals surface area contributed by atoms with Gasteiger partial charge in [0.2, 0.25) is 0 Å². The summed E-state index contributed by atoms with van der Waals surface area (Å²) in [6.07, 6.45) is -3.22. The molecule has 1 aromatic heterocycles. The lowest BCUT2D eigenvalue weighted by atomic mass is 10.2. The summed E-state index contributed by atoms with van der Waals surface area (Å²) in [6, 6.07) is 9.78. The zero-order valence-electron chi connectivity index (χ0n) is 10.9. The molecule has 0 unspecified atom stereocenters. The number of hydrogen-bond acceptors (Lipinski definition) is 2. The average Bonchev–Trinajstić information content (AvgIpc) is 2.47. The summed E-state index contributed by atoms with van der Waals surface area (Å²) in [4.78, 5) is 16.6. The van der Waals surface area contributed by atoms with E-state index in [0.29, 0.717) is 10.9 Å². The van der Waals surface area contributed by atoms with E-state index in [9.17, 15) is 18.0 Å². The smallest absolute Gasteiger partial charge is 0.268 e. The van der Waals surface area contributed by atoms with Crippen LogP contribution in [0.4, 0.5) is 13.2 Å². The van der Waals surface area contributed by atoms with Crippen LogP contribution >= 0.6 is 22.6 Å². The Balaban J connectivity index is 2.23. The van der Waals surface area contributed by atoms with Crippen LogP contribution in [-0.4, -0.2) is 9.55 Å². The first-order chi connectivity index (χ1) is 10.4. The second kappa shape index (κ2) is 5.38. The van der Waals surface area contributed by atoms with E-state index in [1.807, 2.05) is 6.07 Å². The van der Waals surface area contributed by atoms with Gasteiger partial charge in [-0.3, -0.25) is 9.36 Å². The van der Waals surface area contributed by atoms with E-state index in [0.717, 1.165) is 20.3 Å². The Labute approximate surface area is 136 Å². The van der Waals surface area contributed by atoms with Crippen LogP contribution < -0.4 is 5.56 Å². The number of alkyl halides is 3. The quantitative estimate of drug-likeness (QED) is 0.563. The van der Waals surface area contributed by atoms with Gasteiger partial charge in [-0.2, -0.15) is 13.2 Å². The molecule has 3 nitrogen and oxygen atoms in total. The minimum absolute atomic E-state index is 0.132. The van der Waals surface area contributed by atoms with E-state index >= 15 is 0 Å². The first-order valence-electron chi connectivity index (χ1n) is 6.21. The fourth-order valence-electron chi connectivity index (χ4n) is 2.11. The molecule has 1 heterocycles. The van der Waals surface area contributed by atoms with Gasteiger partial charge < -0.3 is 0 Å². The molecule has 0 amide bonds. The molecule has 0 radical (unpaired) electrons. The Morgan fingerprint density at radius 1 is 1.09 bits per heavy atom. The van der Waals surface area contributed by atoms with Crippen molar-refractivity contribution >= 4 is 33.5 Å². The predicted molar refractivity (Wildman–Crippen MR) is 85.1 cm³/mol. The number of hydrogen-bond donors (Lipinski definition) is 0. The molecule has 0 fully saturated rings. The SMILES string of the molecule is O=c1c2cc(I)ccc2ncn1-c1cccc(C(F)(F)F)c1. The molecule has 7 heteroatoms. The first kappa shape index (κ1) is 15.0. The van der Waals surface area contributed by atoms with Crippen LogP contribution in [0.1, 0.15) is 5.56 Å². The molecule has 0 N–H and O–H groups in total. The van der Waals surface area contributed by atoms with Gasteiger partial charge >= 0.3 is 6.18 Å². The lowest BCUT2D eigenvalue weighted by Crippen LogP contribution is -2.19. The zero-order chi connectivity index (χ0) is 15.9. The van der Waals surface area contributed by atoms with Gasteiger partial charge in [0.25, 0.3) is 5.56 Å². The van der Waals surface area contributed by atoms with E-state index in [-0.39, 0.29) is 5.69 Å². The third-order valence-corrected chi connectivity index (χ3v) is 3.84. The lowest BCUT2D eigenvalue weighted by Gasteiger charge is -2.10. The van der Waals surface area contributed by atoms with Gasteiger partial charge in [0, 0.05) is 3.57 Å². The van der Waals surface area contributed by atoms with Crippen LogP contribution in [0.3, 0.4) is 0 Å². The maximum absolute atomic E-state index is 12.8. The Hall–Kier alpha value is -1.90. The largest absolute Gasteiger partial charge is 0.416 e. The summed E-state index contributed by atoms with van der Waals surface area (Å²) in [5.41, 5.74) is -0.566. The highest BCUT2D eigenvalue weighted by atomic mass is 127. The van der Waals surface area contributed by atoms with Crippen LogP contribution in [0.25, 0.3) is 16.6 Å². The molecule has 0 atom stereocenters. The number of fused-ring (bicyclic) bond motifs is 1. The summed E-state index contributed by atoms with van der Waals surface area (Å²) < 4.78 is 40.3. The van der Waals surface area contributed by atoms with Gasteiger partial charge in [0.05, 0.1) is 22.2 Å². The number of benzene rings is 2. The second-order valence-electron chi connectivity index (χ2n) is 4.63. The highest BCUT2D eigenvalue weighted by Crippen LogP contribution is 2.30. The van der Waals surface area contributed by atoms with Gasteiger partial charge in [-0.05, 0) is 59.0 Å². The Morgan fingerprint density at radius 2 is 1.86 bits per heavy atom. The average molecular weight is 416 g/mol. The second-order valence-corrected chi connectivity index (χ2v) is 5.87. The van der Waals surface area contributed by atoms with Gasteiger partial charge in [-0.1, -0.05) is 6.07 Å². The van der Waals surface area contributed by atoms with E-state index in [1.54, 1.807) is 12.1 Å². The summed E-state index contributed by atoms with van der Waals surface area (Å²) in [6.45, 7) is 0. The lowest BCUT2D eigenvalue weighted by molar-refractivity contribution is -0.137. The molecule has 112 valence electrons. The van der Waals surface area contributed by atoms with Crippen LogP contribution in [0, 0.1) is 3.57 Å². The monoisotopic (exact) mass is 416 g/mol. The molecule has 0 aliphatic carbocycles. The molecular weight excluding hydrogens is 408 g/mol. The normalized spacial score (nSPS) is 11.8. The van der Waals surface area contributed by atoms with Crippen LogP contribution in [0.15, 0.2) is 53.6 Å². The number of aromatic nitrogens is 2. The number of rotatable bonds is 1. The van der Waals surface area contributed by atoms with Gasteiger partial charge in [0.15, 0.2) is 0 Å². The molecule has 0 saturated heterocycles. The van der Waals surface area contributed by atoms with E-state index in [2.05, 4.69) is 27.6 Å². The molecule has 2 aromatic carbocycles. The third kappa shape index (κ3) is 2.72. The highest BCUT2D eigenvalue weighted by Gasteiger charge is 2.30. The Morgan fingerprint density at radius 3 is 2.59 bits per heavy atom. The zero-order valence-corrected chi connectivity index (χ0v) is 13.1. The van der Waals surface area contributed by atoms with Crippen molar-refractivity contribution in [2.75, 3.05) is 0 Å². The molecule has 3 rings (SSSR count). The molecule has 0 spiro atoms. The van der Waals surface area contributed by atoms with E-state index < -0.39 is 17.3 Å². The standard InChI is InChI=1S/C15H8F3IN2O/c16-15(17,18)9-2-1-3-11(6-9)21-8-20-13-5-4-10(19)7-12(13)14(21)22/h1-8H. The van der Waals surface area contributed by atoms with Crippen molar-refractivity contribution in [1.29, 1.82) is 0 Å². The number of nitrogens with zero attached hydrogens (tertiary/aromatic N) is 2. The molecule has 0 aliphatic rings. The maximum Gasteiger partial charge on any atom is 0.416 e. The Bertz CT molecular complexity index is 919. The first-order valence-corrected chi connectivity index (χ1v) is 7.29. The van der Waals surface area contributed by atoms with Crippen LogP contribution in [0.5, 0.6) is 0 Å². The highest BCUT2D eigenvalue weighted by molar-refractivity contribution is 14.1. The summed E-state index contributed by atoms with van der Waals surface area (Å²) in [5, 5.41) is 0.367. The van der Waals surface area contributed by atoms with Crippen molar-refractivity contribution in [3.63, 3.8) is 0 Å². The summed E-state index contributed by atoms with van der Waals surface area (Å²) >= 11 is 2.06. The minimum Gasteiger partial charge on any atom is -0.268 e. The van der Waals surface area contributed by atoms with Crippen LogP contribution in [-0.2, 0) is 6.18 Å². The topological polar surface area (TPSA) is 34.9 Å². The molecule has 0 saturated carbocycles. The van der Waals surface area contributed by atoms with Gasteiger partial charge in [-0.15, -0.1) is 0 Å². The van der Waals surface area contributed by atoms with Crippen molar-refractivity contribution in [2.24, 2.45) is 0 Å². The van der Waals surface area contributed by atoms with Crippen molar-refractivity contribution in [3.8, 4) is 5.69 Å². The van der Waals surface area contributed by atoms with Crippen molar-refractivity contribution in [2.45, 2.75) is 6.18 Å². The summed E-state index contributed by atoms with van der Waals surface area (Å²) in [7, 11) is 0. The third-order valence-electron chi connectivity index (χ3n) is 3.17. The van der Waals surface area contributed by atoms with Crippen molar-refractivity contribution < 1.29 is 13.2 Å². The van der Waals surface area contributed by atoms with Gasteiger partial charge in [0.1, 0.15) is 6.33 Å². The molecule has 0 bridgehead atoms. The van der Waals surface area contributed by atoms with Crippen molar-refractivity contribution in [1.82, 2.24) is 9.55 Å². The summed E-state index contributed by atoms with van der Waals surface area (Å²) in [5.74, 6) is 0. The van der Waals surface area contributed by atoms with Crippen LogP contribution in [0.2, 0.25) is 0 Å². The fourth-order valence-corrected chi connectivity index (χ4v) is 2.60. The van der Waals surface area contributed by atoms with E-state index in [1.165, 1.54) is 18.5 Å². The Kier molecular flexibility index (Phi) is 3.67.